The summed E-state index contributed by atoms with van der Waals surface area (Å²) in [5.74, 6) is -1.06. The Morgan fingerprint density at radius 1 is 1.24 bits per heavy atom. The van der Waals surface area contributed by atoms with Gasteiger partial charge < -0.3 is 0 Å². The number of hydrogen-bond acceptors (Lipinski definition) is 4. The summed E-state index contributed by atoms with van der Waals surface area (Å²) >= 11 is 5.36. The molecule has 3 aromatic rings. The summed E-state index contributed by atoms with van der Waals surface area (Å²) in [6.45, 7) is 1.87. The zero-order valence-corrected chi connectivity index (χ0v) is 15.4. The molecule has 8 heteroatoms. The fraction of sp³-hybridized carbons (Fsp3) is 0.294. The van der Waals surface area contributed by atoms with Crippen molar-refractivity contribution in [2.45, 2.75) is 25.7 Å². The Morgan fingerprint density at radius 2 is 2.04 bits per heavy atom. The molecule has 1 aliphatic heterocycles. The molecule has 130 valence electrons. The van der Waals surface area contributed by atoms with Crippen LogP contribution in [0.1, 0.15) is 22.0 Å². The SMILES string of the molecule is FC(F)(F)c1ncc2c(n1)CN(Cc1sc3ccccc3c1Br)CC2. The Morgan fingerprint density at radius 3 is 2.80 bits per heavy atom. The lowest BCUT2D eigenvalue weighted by Gasteiger charge is -2.27. The molecule has 0 bridgehead atoms. The maximum atomic E-state index is 12.8. The van der Waals surface area contributed by atoms with Crippen molar-refractivity contribution < 1.29 is 13.2 Å². The number of aromatic nitrogens is 2. The van der Waals surface area contributed by atoms with Gasteiger partial charge in [0.05, 0.1) is 5.69 Å². The van der Waals surface area contributed by atoms with Gasteiger partial charge in [0, 0.05) is 45.3 Å². The van der Waals surface area contributed by atoms with E-state index < -0.39 is 12.0 Å². The molecule has 0 atom stereocenters. The highest BCUT2D eigenvalue weighted by atomic mass is 79.9. The summed E-state index contributed by atoms with van der Waals surface area (Å²) in [5.41, 5.74) is 1.28. The van der Waals surface area contributed by atoms with E-state index in [4.69, 9.17) is 0 Å². The summed E-state index contributed by atoms with van der Waals surface area (Å²) in [6, 6.07) is 8.13. The van der Waals surface area contributed by atoms with Crippen LogP contribution in [0.2, 0.25) is 0 Å². The van der Waals surface area contributed by atoms with Gasteiger partial charge >= 0.3 is 6.18 Å². The number of rotatable bonds is 2. The van der Waals surface area contributed by atoms with Crippen LogP contribution in [0.3, 0.4) is 0 Å². The largest absolute Gasteiger partial charge is 0.451 e. The van der Waals surface area contributed by atoms with Crippen LogP contribution >= 0.6 is 27.3 Å². The first-order chi connectivity index (χ1) is 11.9. The van der Waals surface area contributed by atoms with E-state index >= 15 is 0 Å². The predicted molar refractivity (Wildman–Crippen MR) is 94.4 cm³/mol. The Kier molecular flexibility index (Phi) is 4.29. The van der Waals surface area contributed by atoms with Crippen molar-refractivity contribution in [1.29, 1.82) is 0 Å². The minimum Gasteiger partial charge on any atom is -0.292 e. The van der Waals surface area contributed by atoms with Gasteiger partial charge in [-0.1, -0.05) is 18.2 Å². The summed E-state index contributed by atoms with van der Waals surface area (Å²) < 4.78 is 40.8. The molecule has 4 rings (SSSR count). The quantitative estimate of drug-likeness (QED) is 0.574. The molecule has 0 radical (unpaired) electrons. The Balaban J connectivity index is 1.58. The molecule has 0 saturated carbocycles. The van der Waals surface area contributed by atoms with Crippen LogP contribution in [0.25, 0.3) is 10.1 Å². The molecule has 1 aliphatic rings. The first kappa shape index (κ1) is 16.9. The average Bonchev–Trinajstić information content (AvgIpc) is 2.90. The molecule has 0 spiro atoms. The van der Waals surface area contributed by atoms with Gasteiger partial charge in [0.25, 0.3) is 0 Å². The number of thiophene rings is 1. The van der Waals surface area contributed by atoms with Gasteiger partial charge in [-0.3, -0.25) is 4.90 Å². The van der Waals surface area contributed by atoms with E-state index in [2.05, 4.69) is 42.9 Å². The van der Waals surface area contributed by atoms with E-state index in [-0.39, 0.29) is 0 Å². The molecule has 0 fully saturated rings. The number of fused-ring (bicyclic) bond motifs is 2. The van der Waals surface area contributed by atoms with Crippen molar-refractivity contribution in [2.24, 2.45) is 0 Å². The summed E-state index contributed by atoms with van der Waals surface area (Å²) in [6.07, 6.45) is -2.53. The highest BCUT2D eigenvalue weighted by molar-refractivity contribution is 9.10. The fourth-order valence-corrected chi connectivity index (χ4v) is 4.98. The van der Waals surface area contributed by atoms with E-state index in [1.165, 1.54) is 21.2 Å². The van der Waals surface area contributed by atoms with Gasteiger partial charge in [-0.05, 0) is 34.0 Å². The van der Waals surface area contributed by atoms with Crippen LogP contribution in [0.15, 0.2) is 34.9 Å². The third-order valence-electron chi connectivity index (χ3n) is 4.25. The van der Waals surface area contributed by atoms with Gasteiger partial charge in [0.15, 0.2) is 0 Å². The maximum Gasteiger partial charge on any atom is 0.451 e. The molecular weight excluding hydrogens is 415 g/mol. The number of nitrogens with zero attached hydrogens (tertiary/aromatic N) is 3. The van der Waals surface area contributed by atoms with Crippen LogP contribution in [-0.4, -0.2) is 21.4 Å². The van der Waals surface area contributed by atoms with E-state index in [1.54, 1.807) is 11.3 Å². The van der Waals surface area contributed by atoms with E-state index in [1.807, 2.05) is 12.1 Å². The molecular formula is C17H13BrF3N3S. The topological polar surface area (TPSA) is 29.0 Å². The second-order valence-electron chi connectivity index (χ2n) is 5.96. The molecule has 0 amide bonds. The van der Waals surface area contributed by atoms with Gasteiger partial charge in [-0.15, -0.1) is 11.3 Å². The monoisotopic (exact) mass is 427 g/mol. The third kappa shape index (κ3) is 3.30. The van der Waals surface area contributed by atoms with Crippen molar-refractivity contribution in [2.75, 3.05) is 6.54 Å². The molecule has 0 aliphatic carbocycles. The van der Waals surface area contributed by atoms with Crippen LogP contribution < -0.4 is 0 Å². The molecule has 3 heterocycles. The highest BCUT2D eigenvalue weighted by Crippen LogP contribution is 2.37. The molecule has 25 heavy (non-hydrogen) atoms. The van der Waals surface area contributed by atoms with Gasteiger partial charge in [0.1, 0.15) is 0 Å². The number of alkyl halides is 3. The molecule has 1 aromatic carbocycles. The zero-order chi connectivity index (χ0) is 17.6. The lowest BCUT2D eigenvalue weighted by atomic mass is 10.1. The van der Waals surface area contributed by atoms with E-state index in [0.29, 0.717) is 25.2 Å². The second-order valence-corrected chi connectivity index (χ2v) is 7.89. The van der Waals surface area contributed by atoms with Crippen molar-refractivity contribution in [1.82, 2.24) is 14.9 Å². The van der Waals surface area contributed by atoms with Crippen molar-refractivity contribution in [3.63, 3.8) is 0 Å². The molecule has 2 aromatic heterocycles. The minimum absolute atomic E-state index is 0.404. The van der Waals surface area contributed by atoms with Crippen molar-refractivity contribution in [3.8, 4) is 0 Å². The predicted octanol–water partition coefficient (Wildman–Crippen LogP) is 5.03. The summed E-state index contributed by atoms with van der Waals surface area (Å²) in [5, 5.41) is 1.17. The van der Waals surface area contributed by atoms with E-state index in [0.717, 1.165) is 16.6 Å². The van der Waals surface area contributed by atoms with Gasteiger partial charge in [-0.2, -0.15) is 13.2 Å². The normalized spacial score (nSPS) is 15.5. The number of halogens is 4. The van der Waals surface area contributed by atoms with E-state index in [9.17, 15) is 13.2 Å². The molecule has 0 unspecified atom stereocenters. The second kappa shape index (κ2) is 6.34. The zero-order valence-electron chi connectivity index (χ0n) is 13.0. The Bertz CT molecular complexity index is 939. The summed E-state index contributed by atoms with van der Waals surface area (Å²) in [4.78, 5) is 10.5. The summed E-state index contributed by atoms with van der Waals surface area (Å²) in [7, 11) is 0. The minimum atomic E-state index is -4.51. The smallest absolute Gasteiger partial charge is 0.292 e. The lowest BCUT2D eigenvalue weighted by Crippen LogP contribution is -2.31. The van der Waals surface area contributed by atoms with Crippen molar-refractivity contribution in [3.05, 3.63) is 56.9 Å². The third-order valence-corrected chi connectivity index (χ3v) is 6.57. The van der Waals surface area contributed by atoms with Crippen LogP contribution in [0.4, 0.5) is 13.2 Å². The number of hydrogen-bond donors (Lipinski definition) is 0. The standard InChI is InChI=1S/C17H13BrF3N3S/c18-15-11-3-1-2-4-13(11)25-14(15)9-24-6-5-10-7-22-16(17(19,20)21)23-12(10)8-24/h1-4,7H,5-6,8-9H2. The van der Waals surface area contributed by atoms with Crippen LogP contribution in [0.5, 0.6) is 0 Å². The van der Waals surface area contributed by atoms with Gasteiger partial charge in [-0.25, -0.2) is 9.97 Å². The molecule has 3 nitrogen and oxygen atoms in total. The molecule has 0 N–H and O–H groups in total. The van der Waals surface area contributed by atoms with Gasteiger partial charge in [0.2, 0.25) is 5.82 Å². The first-order valence-electron chi connectivity index (χ1n) is 7.72. The highest BCUT2D eigenvalue weighted by Gasteiger charge is 2.35. The Labute approximate surface area is 154 Å². The average molecular weight is 428 g/mol. The Hall–Kier alpha value is -1.51. The number of benzene rings is 1. The van der Waals surface area contributed by atoms with Crippen LogP contribution in [-0.2, 0) is 25.7 Å². The van der Waals surface area contributed by atoms with Crippen LogP contribution in [0, 0.1) is 0 Å². The molecule has 0 saturated heterocycles. The first-order valence-corrected chi connectivity index (χ1v) is 9.33. The maximum absolute atomic E-state index is 12.8. The fourth-order valence-electron chi connectivity index (χ4n) is 3.00. The van der Waals surface area contributed by atoms with Crippen molar-refractivity contribution >= 4 is 37.4 Å². The lowest BCUT2D eigenvalue weighted by molar-refractivity contribution is -0.145.